The molecule has 0 saturated heterocycles. The number of hydrazine groups is 1. The molecule has 0 radical (unpaired) electrons. The Morgan fingerprint density at radius 1 is 1.62 bits per heavy atom. The molecule has 1 heterocycles. The van der Waals surface area contributed by atoms with Crippen LogP contribution in [-0.4, -0.2) is 18.4 Å². The zero-order chi connectivity index (χ0) is 10.4. The predicted octanol–water partition coefficient (Wildman–Crippen LogP) is 3.08. The summed E-state index contributed by atoms with van der Waals surface area (Å²) in [4.78, 5) is 10.5. The van der Waals surface area contributed by atoms with Crippen molar-refractivity contribution in [1.29, 1.82) is 0 Å². The molecule has 0 bridgehead atoms. The topological polar surface area (TPSA) is 46.4 Å². The molecule has 0 saturated carbocycles. The molecule has 74 valence electrons. The van der Waals surface area contributed by atoms with Crippen LogP contribution in [0.15, 0.2) is 10.2 Å². The van der Waals surface area contributed by atoms with Crippen molar-refractivity contribution in [3.8, 4) is 0 Å². The largest absolute Gasteiger partial charge is 0.250 e. The number of rotatable bonds is 1. The van der Waals surface area contributed by atoms with Crippen LogP contribution < -0.4 is 0 Å². The van der Waals surface area contributed by atoms with E-state index in [1.165, 1.54) is 0 Å². The van der Waals surface area contributed by atoms with Crippen molar-refractivity contribution in [2.75, 3.05) is 0 Å². The van der Waals surface area contributed by atoms with Gasteiger partial charge in [0.15, 0.2) is 10.2 Å². The molecule has 0 aromatic heterocycles. The lowest BCUT2D eigenvalue weighted by molar-refractivity contribution is -0.644. The molecular weight excluding hydrogens is 377 g/mol. The van der Waals surface area contributed by atoms with Crippen LogP contribution in [0.2, 0.25) is 0 Å². The molecule has 0 amide bonds. The molecule has 0 fully saturated rings. The summed E-state index contributed by atoms with van der Waals surface area (Å²) in [5, 5.41) is 9.11. The summed E-state index contributed by atoms with van der Waals surface area (Å²) in [7, 11) is 0. The van der Waals surface area contributed by atoms with E-state index in [0.29, 0.717) is 5.01 Å². The van der Waals surface area contributed by atoms with Crippen LogP contribution in [0.1, 0.15) is 0 Å². The molecule has 1 aliphatic heterocycles. The van der Waals surface area contributed by atoms with Gasteiger partial charge in [0.2, 0.25) is 0 Å². The first-order valence-electron chi connectivity index (χ1n) is 2.81. The minimum atomic E-state index is -1.46. The molecule has 9 heteroatoms. The number of hydrogen-bond acceptors (Lipinski definition) is 2. The van der Waals surface area contributed by atoms with Crippen molar-refractivity contribution < 1.29 is 5.03 Å². The van der Waals surface area contributed by atoms with E-state index in [-0.39, 0.29) is 10.2 Å². The fraction of sp³-hybridized carbons (Fsp3) is 0.500. The standard InChI is InChI=1S/C4HCl4IN2O2/c5-1-2(6)4(8,9)10(3(1)7)11(12)13/h2H. The third kappa shape index (κ3) is 1.81. The van der Waals surface area contributed by atoms with Gasteiger partial charge in [-0.1, -0.05) is 39.8 Å². The lowest BCUT2D eigenvalue weighted by Crippen LogP contribution is -2.42. The Hall–Kier alpha value is 0.830. The summed E-state index contributed by atoms with van der Waals surface area (Å²) in [6.45, 7) is 0. The lowest BCUT2D eigenvalue weighted by atomic mass is 10.4. The van der Waals surface area contributed by atoms with E-state index in [0.717, 1.165) is 0 Å². The van der Waals surface area contributed by atoms with E-state index in [2.05, 4.69) is 0 Å². The van der Waals surface area contributed by atoms with Crippen molar-refractivity contribution >= 4 is 69.0 Å². The van der Waals surface area contributed by atoms with Gasteiger partial charge in [-0.3, -0.25) is 0 Å². The minimum Gasteiger partial charge on any atom is -0.234 e. The SMILES string of the molecule is O=[N+]([O-])N1C(Cl)=C(Cl)C(Cl)C1(Cl)I. The highest BCUT2D eigenvalue weighted by molar-refractivity contribution is 14.1. The lowest BCUT2D eigenvalue weighted by Gasteiger charge is -2.21. The normalized spacial score (nSPS) is 34.2. The maximum absolute atomic E-state index is 10.5. The number of nitrogens with zero attached hydrogens (tertiary/aromatic N) is 2. The van der Waals surface area contributed by atoms with E-state index in [9.17, 15) is 10.1 Å². The molecule has 0 aromatic carbocycles. The molecule has 1 aliphatic rings. The van der Waals surface area contributed by atoms with Crippen LogP contribution in [0.5, 0.6) is 0 Å². The maximum atomic E-state index is 10.5. The summed E-state index contributed by atoms with van der Waals surface area (Å²) in [5.74, 6) is 0. The van der Waals surface area contributed by atoms with Gasteiger partial charge in [-0.15, -0.1) is 11.6 Å². The van der Waals surface area contributed by atoms with E-state index in [1.807, 2.05) is 0 Å². The number of nitro groups is 1. The third-order valence-electron chi connectivity index (χ3n) is 1.36. The second-order valence-corrected chi connectivity index (χ2v) is 6.20. The Morgan fingerprint density at radius 3 is 2.23 bits per heavy atom. The van der Waals surface area contributed by atoms with Crippen molar-refractivity contribution in [2.24, 2.45) is 0 Å². The van der Waals surface area contributed by atoms with Crippen LogP contribution in [0.4, 0.5) is 0 Å². The number of hydrogen-bond donors (Lipinski definition) is 0. The molecule has 1 rings (SSSR count). The van der Waals surface area contributed by atoms with Gasteiger partial charge in [-0.05, 0) is 22.6 Å². The molecule has 0 spiro atoms. The van der Waals surface area contributed by atoms with Gasteiger partial charge in [0.05, 0.1) is 5.03 Å². The smallest absolute Gasteiger partial charge is 0.234 e. The summed E-state index contributed by atoms with van der Waals surface area (Å²) in [5.41, 5.74) is 0. The van der Waals surface area contributed by atoms with Crippen molar-refractivity contribution in [1.82, 2.24) is 5.01 Å². The van der Waals surface area contributed by atoms with E-state index >= 15 is 0 Å². The Morgan fingerprint density at radius 2 is 2.08 bits per heavy atom. The molecule has 13 heavy (non-hydrogen) atoms. The molecule has 0 aliphatic carbocycles. The van der Waals surface area contributed by atoms with E-state index in [4.69, 9.17) is 46.4 Å². The van der Waals surface area contributed by atoms with Gasteiger partial charge in [0.25, 0.3) is 3.00 Å². The van der Waals surface area contributed by atoms with Gasteiger partial charge in [0.1, 0.15) is 5.38 Å². The predicted molar refractivity (Wildman–Crippen MR) is 59.8 cm³/mol. The van der Waals surface area contributed by atoms with Gasteiger partial charge in [-0.2, -0.15) is 0 Å². The number of halogens is 5. The zero-order valence-corrected chi connectivity index (χ0v) is 10.9. The average molecular weight is 378 g/mol. The minimum absolute atomic E-state index is 0.0237. The van der Waals surface area contributed by atoms with Gasteiger partial charge >= 0.3 is 0 Å². The van der Waals surface area contributed by atoms with Crippen molar-refractivity contribution in [2.45, 2.75) is 8.38 Å². The first-order valence-corrected chi connectivity index (χ1v) is 5.46. The third-order valence-corrected chi connectivity index (χ3v) is 4.80. The molecule has 0 N–H and O–H groups in total. The summed E-state index contributed by atoms with van der Waals surface area (Å²) < 4.78 is -1.46. The Kier molecular flexibility index (Phi) is 3.45. The molecular formula is C4HCl4IN2O2. The molecule has 2 unspecified atom stereocenters. The Balaban J connectivity index is 3.16. The van der Waals surface area contributed by atoms with E-state index in [1.54, 1.807) is 22.6 Å². The van der Waals surface area contributed by atoms with E-state index < -0.39 is 13.4 Å². The first-order chi connectivity index (χ1) is 5.80. The van der Waals surface area contributed by atoms with Crippen LogP contribution in [0.3, 0.4) is 0 Å². The van der Waals surface area contributed by atoms with Gasteiger partial charge in [0, 0.05) is 0 Å². The second-order valence-electron chi connectivity index (χ2n) is 2.14. The fourth-order valence-corrected chi connectivity index (χ4v) is 2.98. The number of alkyl halides is 3. The highest BCUT2D eigenvalue weighted by Gasteiger charge is 2.56. The summed E-state index contributed by atoms with van der Waals surface area (Å²) in [6, 6.07) is 0. The molecule has 0 aromatic rings. The summed E-state index contributed by atoms with van der Waals surface area (Å²) >= 11 is 24.3. The molecule has 4 nitrogen and oxygen atoms in total. The second kappa shape index (κ2) is 3.77. The zero-order valence-electron chi connectivity index (χ0n) is 5.68. The van der Waals surface area contributed by atoms with Crippen LogP contribution >= 0.6 is 69.0 Å². The maximum Gasteiger partial charge on any atom is 0.250 e. The highest BCUT2D eigenvalue weighted by atomic mass is 127. The monoisotopic (exact) mass is 376 g/mol. The van der Waals surface area contributed by atoms with Crippen LogP contribution in [-0.2, 0) is 0 Å². The highest BCUT2D eigenvalue weighted by Crippen LogP contribution is 2.50. The van der Waals surface area contributed by atoms with Crippen LogP contribution in [0.25, 0.3) is 0 Å². The fourth-order valence-electron chi connectivity index (χ4n) is 0.777. The molecule has 2 atom stereocenters. The Bertz CT molecular complexity index is 294. The van der Waals surface area contributed by atoms with Crippen molar-refractivity contribution in [3.05, 3.63) is 20.3 Å². The van der Waals surface area contributed by atoms with Crippen molar-refractivity contribution in [3.63, 3.8) is 0 Å². The quantitative estimate of drug-likeness (QED) is 0.232. The first kappa shape index (κ1) is 11.9. The van der Waals surface area contributed by atoms with Gasteiger partial charge in [-0.25, -0.2) is 10.1 Å². The summed E-state index contributed by atoms with van der Waals surface area (Å²) in [6.07, 6.45) is 0. The van der Waals surface area contributed by atoms with Crippen LogP contribution in [0, 0.1) is 10.1 Å². The van der Waals surface area contributed by atoms with Gasteiger partial charge < -0.3 is 0 Å². The Labute approximate surface area is 107 Å². The average Bonchev–Trinajstić information content (AvgIpc) is 2.12.